The number of benzene rings is 1. The number of nitrogen functional groups attached to an aromatic ring is 1. The maximum Gasteiger partial charge on any atom is 0.225 e. The first-order valence-corrected chi connectivity index (χ1v) is 10.1. The van der Waals surface area contributed by atoms with Gasteiger partial charge in [0.1, 0.15) is 0 Å². The number of nitrogens with two attached hydrogens (primary N) is 1. The number of rotatable bonds is 3. The fourth-order valence-corrected chi connectivity index (χ4v) is 4.69. The summed E-state index contributed by atoms with van der Waals surface area (Å²) in [5.41, 5.74) is 9.07. The van der Waals surface area contributed by atoms with Crippen LogP contribution in [0.1, 0.15) is 50.1 Å². The minimum absolute atomic E-state index is 0.129. The molecule has 1 saturated heterocycles. The van der Waals surface area contributed by atoms with Gasteiger partial charge in [-0.1, -0.05) is 24.6 Å². The van der Waals surface area contributed by atoms with Crippen LogP contribution in [0.4, 0.5) is 5.69 Å². The Labute approximate surface area is 160 Å². The first-order chi connectivity index (χ1) is 13.2. The second kappa shape index (κ2) is 7.85. The number of hydrogen-bond acceptors (Lipinski definition) is 4. The van der Waals surface area contributed by atoms with Crippen molar-refractivity contribution in [2.24, 2.45) is 5.92 Å². The summed E-state index contributed by atoms with van der Waals surface area (Å²) in [6.45, 7) is 1.59. The highest BCUT2D eigenvalue weighted by atomic mass is 16.5. The minimum Gasteiger partial charge on any atom is -0.397 e. The molecule has 27 heavy (non-hydrogen) atoms. The molecule has 2 aromatic rings. The third kappa shape index (κ3) is 3.79. The Kier molecular flexibility index (Phi) is 5.30. The Balaban J connectivity index is 1.41. The highest BCUT2D eigenvalue weighted by Gasteiger charge is 2.33. The van der Waals surface area contributed by atoms with Gasteiger partial charge < -0.3 is 15.4 Å². The molecule has 144 valence electrons. The van der Waals surface area contributed by atoms with E-state index in [2.05, 4.69) is 4.90 Å². The van der Waals surface area contributed by atoms with E-state index in [1.54, 1.807) is 7.11 Å². The number of fused-ring (bicyclic) bond motifs is 1. The molecule has 1 aromatic heterocycles. The van der Waals surface area contributed by atoms with Crippen LogP contribution in [-0.4, -0.2) is 42.1 Å². The molecule has 1 saturated carbocycles. The number of likely N-dealkylation sites (tertiary alicyclic amines) is 1. The predicted molar refractivity (Wildman–Crippen MR) is 107 cm³/mol. The lowest BCUT2D eigenvalue weighted by atomic mass is 9.85. The monoisotopic (exact) mass is 367 g/mol. The molecule has 1 aliphatic heterocycles. The maximum atomic E-state index is 12.9. The number of anilines is 1. The lowest BCUT2D eigenvalue weighted by molar-refractivity contribution is -0.139. The van der Waals surface area contributed by atoms with Crippen molar-refractivity contribution in [1.82, 2.24) is 9.88 Å². The van der Waals surface area contributed by atoms with E-state index in [9.17, 15) is 4.79 Å². The molecular weight excluding hydrogens is 338 g/mol. The average molecular weight is 367 g/mol. The van der Waals surface area contributed by atoms with Crippen molar-refractivity contribution in [1.29, 1.82) is 0 Å². The van der Waals surface area contributed by atoms with Crippen LogP contribution in [0, 0.1) is 5.92 Å². The molecule has 1 amide bonds. The topological polar surface area (TPSA) is 68.5 Å². The van der Waals surface area contributed by atoms with E-state index >= 15 is 0 Å². The van der Waals surface area contributed by atoms with Crippen molar-refractivity contribution < 1.29 is 9.53 Å². The molecule has 1 aromatic carbocycles. The number of carbonyl (C=O) groups excluding carboxylic acids is 1. The largest absolute Gasteiger partial charge is 0.397 e. The van der Waals surface area contributed by atoms with Crippen LogP contribution in [0.2, 0.25) is 0 Å². The normalized spacial score (nSPS) is 24.3. The zero-order valence-corrected chi connectivity index (χ0v) is 16.1. The molecule has 0 bridgehead atoms. The number of carbonyl (C=O) groups is 1. The lowest BCUT2D eigenvalue weighted by Gasteiger charge is -2.36. The van der Waals surface area contributed by atoms with Crippen LogP contribution in [0.5, 0.6) is 0 Å². The number of para-hydroxylation sites is 1. The molecule has 5 nitrogen and oxygen atoms in total. The van der Waals surface area contributed by atoms with Crippen molar-refractivity contribution in [3.8, 4) is 0 Å². The van der Waals surface area contributed by atoms with E-state index in [0.29, 0.717) is 11.8 Å². The molecule has 4 rings (SSSR count). The zero-order valence-electron chi connectivity index (χ0n) is 16.1. The van der Waals surface area contributed by atoms with E-state index in [0.717, 1.165) is 73.9 Å². The summed E-state index contributed by atoms with van der Waals surface area (Å²) in [6, 6.07) is 10.1. The predicted octanol–water partition coefficient (Wildman–Crippen LogP) is 3.73. The van der Waals surface area contributed by atoms with Gasteiger partial charge in [-0.05, 0) is 44.2 Å². The molecule has 2 fully saturated rings. The number of pyridine rings is 1. The van der Waals surface area contributed by atoms with Crippen LogP contribution in [0.25, 0.3) is 10.9 Å². The number of ether oxygens (including phenoxy) is 1. The van der Waals surface area contributed by atoms with Crippen molar-refractivity contribution in [2.45, 2.75) is 50.5 Å². The van der Waals surface area contributed by atoms with Gasteiger partial charge in [-0.15, -0.1) is 0 Å². The minimum atomic E-state index is 0.129. The molecule has 2 aliphatic rings. The van der Waals surface area contributed by atoms with Crippen molar-refractivity contribution in [3.63, 3.8) is 0 Å². The summed E-state index contributed by atoms with van der Waals surface area (Å²) < 4.78 is 5.49. The standard InChI is InChI=1S/C22H29N3O2/c1-27-18-7-4-6-17(13-18)22(26)25-11-9-15(10-12-25)21-19(23)14-16-5-2-3-8-20(16)24-21/h2-3,5,8,14-15,17-18H,4,6-7,9-13,23H2,1H3/t17-,18+/m1/s1. The molecule has 0 spiro atoms. The lowest BCUT2D eigenvalue weighted by Crippen LogP contribution is -2.43. The fraction of sp³-hybridized carbons (Fsp3) is 0.545. The molecule has 0 unspecified atom stereocenters. The summed E-state index contributed by atoms with van der Waals surface area (Å²) in [7, 11) is 1.75. The average Bonchev–Trinajstić information content (AvgIpc) is 2.73. The summed E-state index contributed by atoms with van der Waals surface area (Å²) in [5.74, 6) is 0.774. The van der Waals surface area contributed by atoms with Gasteiger partial charge in [-0.2, -0.15) is 0 Å². The Morgan fingerprint density at radius 1 is 1.19 bits per heavy atom. The number of aromatic nitrogens is 1. The van der Waals surface area contributed by atoms with Gasteiger partial charge in [-0.3, -0.25) is 9.78 Å². The summed E-state index contributed by atoms with van der Waals surface area (Å²) in [4.78, 5) is 19.8. The third-order valence-electron chi connectivity index (χ3n) is 6.29. The SMILES string of the molecule is CO[C@H]1CCC[C@@H](C(=O)N2CCC(c3nc4ccccc4cc3N)CC2)C1. The quantitative estimate of drug-likeness (QED) is 0.897. The smallest absolute Gasteiger partial charge is 0.225 e. The molecule has 1 aliphatic carbocycles. The van der Waals surface area contributed by atoms with E-state index in [1.165, 1.54) is 0 Å². The number of methoxy groups -OCH3 is 1. The van der Waals surface area contributed by atoms with Crippen LogP contribution < -0.4 is 5.73 Å². The molecule has 2 atom stereocenters. The number of nitrogens with zero attached hydrogens (tertiary/aromatic N) is 2. The van der Waals surface area contributed by atoms with Crippen molar-refractivity contribution >= 4 is 22.5 Å². The Bertz CT molecular complexity index is 814. The maximum absolute atomic E-state index is 12.9. The zero-order chi connectivity index (χ0) is 18.8. The summed E-state index contributed by atoms with van der Waals surface area (Å²) >= 11 is 0. The van der Waals surface area contributed by atoms with E-state index in [1.807, 2.05) is 30.3 Å². The number of hydrogen-bond donors (Lipinski definition) is 1. The Hall–Kier alpha value is -2.14. The van der Waals surface area contributed by atoms with Gasteiger partial charge in [-0.25, -0.2) is 0 Å². The Morgan fingerprint density at radius 3 is 2.74 bits per heavy atom. The third-order valence-corrected chi connectivity index (χ3v) is 6.29. The van der Waals surface area contributed by atoms with Crippen LogP contribution in [0.3, 0.4) is 0 Å². The second-order valence-electron chi connectivity index (χ2n) is 7.98. The highest BCUT2D eigenvalue weighted by Crippen LogP contribution is 2.34. The van der Waals surface area contributed by atoms with Crippen molar-refractivity contribution in [3.05, 3.63) is 36.0 Å². The van der Waals surface area contributed by atoms with E-state index in [4.69, 9.17) is 15.5 Å². The van der Waals surface area contributed by atoms with Crippen molar-refractivity contribution in [2.75, 3.05) is 25.9 Å². The van der Waals surface area contributed by atoms with Crippen LogP contribution >= 0.6 is 0 Å². The highest BCUT2D eigenvalue weighted by molar-refractivity contribution is 5.82. The molecular formula is C22H29N3O2. The van der Waals surface area contributed by atoms with Gasteiger partial charge in [0, 0.05) is 37.4 Å². The first kappa shape index (κ1) is 18.2. The van der Waals surface area contributed by atoms with E-state index in [-0.39, 0.29) is 12.0 Å². The number of amides is 1. The van der Waals surface area contributed by atoms with Crippen LogP contribution in [-0.2, 0) is 9.53 Å². The first-order valence-electron chi connectivity index (χ1n) is 10.1. The number of piperidine rings is 1. The second-order valence-corrected chi connectivity index (χ2v) is 7.98. The van der Waals surface area contributed by atoms with Gasteiger partial charge in [0.25, 0.3) is 0 Å². The van der Waals surface area contributed by atoms with Crippen LogP contribution in [0.15, 0.2) is 30.3 Å². The Morgan fingerprint density at radius 2 is 1.96 bits per heavy atom. The molecule has 2 heterocycles. The molecule has 2 N–H and O–H groups in total. The summed E-state index contributed by atoms with van der Waals surface area (Å²) in [5, 5.41) is 1.08. The van der Waals surface area contributed by atoms with Gasteiger partial charge in [0.2, 0.25) is 5.91 Å². The fourth-order valence-electron chi connectivity index (χ4n) is 4.69. The molecule has 5 heteroatoms. The molecule has 0 radical (unpaired) electrons. The van der Waals surface area contributed by atoms with Gasteiger partial charge in [0.15, 0.2) is 0 Å². The summed E-state index contributed by atoms with van der Waals surface area (Å²) in [6.07, 6.45) is 6.14. The van der Waals surface area contributed by atoms with Gasteiger partial charge >= 0.3 is 0 Å². The van der Waals surface area contributed by atoms with E-state index < -0.39 is 0 Å². The van der Waals surface area contributed by atoms with Gasteiger partial charge in [0.05, 0.1) is 23.0 Å².